The topological polar surface area (TPSA) is 133 Å². The zero-order valence-corrected chi connectivity index (χ0v) is 23.9. The van der Waals surface area contributed by atoms with Crippen LogP contribution >= 0.6 is 0 Å². The van der Waals surface area contributed by atoms with Crippen LogP contribution in [0.5, 0.6) is 11.5 Å². The fourth-order valence-electron chi connectivity index (χ4n) is 4.88. The number of carbonyl (C=O) groups is 1. The summed E-state index contributed by atoms with van der Waals surface area (Å²) in [4.78, 5) is 27.9. The van der Waals surface area contributed by atoms with E-state index >= 15 is 0 Å². The minimum atomic E-state index is -4.52. The quantitative estimate of drug-likeness (QED) is 0.327. The van der Waals surface area contributed by atoms with Crippen LogP contribution in [0.1, 0.15) is 35.0 Å². The molecule has 2 aliphatic heterocycles. The van der Waals surface area contributed by atoms with Gasteiger partial charge in [0.2, 0.25) is 15.3 Å². The third-order valence-electron chi connectivity index (χ3n) is 7.07. The number of benzene rings is 1. The number of aromatic nitrogens is 3. The third-order valence-corrected chi connectivity index (χ3v) is 8.90. The molecule has 43 heavy (non-hydrogen) atoms. The van der Waals surface area contributed by atoms with Gasteiger partial charge in [-0.15, -0.1) is 0 Å². The van der Waals surface area contributed by atoms with Crippen LogP contribution in [-0.4, -0.2) is 61.1 Å². The molecule has 0 bridgehead atoms. The molecule has 1 N–H and O–H groups in total. The van der Waals surface area contributed by atoms with Gasteiger partial charge < -0.3 is 24.4 Å². The molecule has 14 heteroatoms. The lowest BCUT2D eigenvalue weighted by atomic mass is 10.2. The van der Waals surface area contributed by atoms with Crippen LogP contribution < -0.4 is 19.7 Å². The molecule has 1 amide bonds. The average Bonchev–Trinajstić information content (AvgIpc) is 3.13. The van der Waals surface area contributed by atoms with Gasteiger partial charge >= 0.3 is 0 Å². The molecule has 1 atom stereocenters. The van der Waals surface area contributed by atoms with E-state index in [4.69, 9.17) is 19.2 Å². The van der Waals surface area contributed by atoms with Crippen molar-refractivity contribution in [3.05, 3.63) is 71.4 Å². The molecule has 0 radical (unpaired) electrons. The highest BCUT2D eigenvalue weighted by Crippen LogP contribution is 2.38. The van der Waals surface area contributed by atoms with Crippen LogP contribution in [0.4, 0.5) is 20.4 Å². The highest BCUT2D eigenvalue weighted by atomic mass is 32.2. The summed E-state index contributed by atoms with van der Waals surface area (Å²) in [7, 11) is -4.52. The second-order valence-corrected chi connectivity index (χ2v) is 11.9. The summed E-state index contributed by atoms with van der Waals surface area (Å²) >= 11 is 0. The first-order valence-corrected chi connectivity index (χ1v) is 15.1. The maximum Gasteiger partial charge on any atom is 0.251 e. The van der Waals surface area contributed by atoms with Crippen molar-refractivity contribution in [1.82, 2.24) is 20.3 Å². The van der Waals surface area contributed by atoms with Gasteiger partial charge in [0.15, 0.2) is 23.1 Å². The number of rotatable bonds is 7. The fourth-order valence-corrected chi connectivity index (χ4v) is 6.27. The summed E-state index contributed by atoms with van der Waals surface area (Å²) in [5, 5.41) is 3.38. The van der Waals surface area contributed by atoms with Crippen LogP contribution in [0.3, 0.4) is 0 Å². The Morgan fingerprint density at radius 3 is 2.81 bits per heavy atom. The molecule has 5 heterocycles. The maximum atomic E-state index is 14.7. The van der Waals surface area contributed by atoms with Gasteiger partial charge in [-0.3, -0.25) is 9.78 Å². The Kier molecular flexibility index (Phi) is 7.79. The summed E-state index contributed by atoms with van der Waals surface area (Å²) in [6, 6.07) is 9.11. The average molecular weight is 612 g/mol. The van der Waals surface area contributed by atoms with Gasteiger partial charge in [-0.1, -0.05) is 0 Å². The first kappa shape index (κ1) is 28.7. The predicted molar refractivity (Wildman–Crippen MR) is 151 cm³/mol. The van der Waals surface area contributed by atoms with Crippen molar-refractivity contribution in [2.45, 2.75) is 36.9 Å². The largest absolute Gasteiger partial charge is 0.489 e. The predicted octanol–water partition coefficient (Wildman–Crippen LogP) is 4.01. The summed E-state index contributed by atoms with van der Waals surface area (Å²) in [5.41, 5.74) is -0.586. The van der Waals surface area contributed by atoms with Crippen molar-refractivity contribution < 1.29 is 36.2 Å². The number of nitrogens with zero attached hydrogens (tertiary/aromatic N) is 4. The second kappa shape index (κ2) is 11.7. The fraction of sp³-hybridized carbons (Fsp3) is 0.310. The van der Waals surface area contributed by atoms with Crippen molar-refractivity contribution in [3.63, 3.8) is 0 Å². The van der Waals surface area contributed by atoms with E-state index in [0.29, 0.717) is 55.0 Å². The summed E-state index contributed by atoms with van der Waals surface area (Å²) < 4.78 is 70.6. The third kappa shape index (κ3) is 5.55. The minimum Gasteiger partial charge on any atom is -0.489 e. The van der Waals surface area contributed by atoms with Gasteiger partial charge in [-0.25, -0.2) is 27.2 Å². The lowest BCUT2D eigenvalue weighted by Crippen LogP contribution is -2.30. The smallest absolute Gasteiger partial charge is 0.251 e. The Bertz CT molecular complexity index is 1820. The number of pyridine rings is 3. The molecule has 3 aromatic heterocycles. The molecule has 224 valence electrons. The first-order valence-electron chi connectivity index (χ1n) is 13.6. The van der Waals surface area contributed by atoms with E-state index in [-0.39, 0.29) is 18.7 Å². The SMILES string of the molecule is CCOCc1ccnc2c1OCCN2c1ccc2cnc(CNC(=O)c3cc(F)c4c(c3)S(=O)(=O)[C@@H](F)CCO4)cc2n1. The van der Waals surface area contributed by atoms with Crippen molar-refractivity contribution >= 4 is 38.3 Å². The Labute approximate surface area is 245 Å². The Balaban J connectivity index is 1.23. The molecular weight excluding hydrogens is 584 g/mol. The Morgan fingerprint density at radius 2 is 1.98 bits per heavy atom. The maximum absolute atomic E-state index is 14.7. The molecule has 0 spiro atoms. The first-order chi connectivity index (χ1) is 20.8. The lowest BCUT2D eigenvalue weighted by Gasteiger charge is -2.30. The number of anilines is 2. The Hall–Kier alpha value is -4.43. The number of amides is 1. The van der Waals surface area contributed by atoms with Crippen LogP contribution in [0.25, 0.3) is 10.9 Å². The van der Waals surface area contributed by atoms with Gasteiger partial charge in [0.25, 0.3) is 5.91 Å². The standard InChI is InChI=1S/C29H27F2N5O6S/c1-2-40-16-18-5-7-32-28-26(18)42-10-8-36(28)25-4-3-17-14-33-20(13-22(17)35-25)15-34-29(37)19-11-21(30)27-23(12-19)43(38,39)24(31)6-9-41-27/h3-5,7,11-14,24H,2,6,8-10,15-16H2,1H3,(H,34,37)/t24-/m1/s1. The zero-order chi connectivity index (χ0) is 30.1. The van der Waals surface area contributed by atoms with Crippen LogP contribution in [0.15, 0.2) is 53.7 Å². The minimum absolute atomic E-state index is 0.0584. The molecule has 0 unspecified atom stereocenters. The normalized spacial score (nSPS) is 17.3. The van der Waals surface area contributed by atoms with E-state index in [1.54, 1.807) is 18.5 Å². The molecule has 11 nitrogen and oxygen atoms in total. The lowest BCUT2D eigenvalue weighted by molar-refractivity contribution is 0.0949. The Morgan fingerprint density at radius 1 is 1.14 bits per heavy atom. The van der Waals surface area contributed by atoms with Gasteiger partial charge in [0.05, 0.1) is 37.5 Å². The van der Waals surface area contributed by atoms with E-state index in [2.05, 4.69) is 15.3 Å². The molecule has 1 aromatic carbocycles. The van der Waals surface area contributed by atoms with Crippen molar-refractivity contribution in [2.24, 2.45) is 0 Å². The molecule has 4 aromatic rings. The van der Waals surface area contributed by atoms with Crippen LogP contribution in [0, 0.1) is 5.82 Å². The number of sulfone groups is 1. The summed E-state index contributed by atoms with van der Waals surface area (Å²) in [5.74, 6) is -0.481. The second-order valence-electron chi connectivity index (χ2n) is 9.86. The van der Waals surface area contributed by atoms with E-state index < -0.39 is 44.1 Å². The number of hydrogen-bond donors (Lipinski definition) is 1. The number of fused-ring (bicyclic) bond motifs is 3. The zero-order valence-electron chi connectivity index (χ0n) is 23.0. The number of hydrogen-bond acceptors (Lipinski definition) is 10. The highest BCUT2D eigenvalue weighted by Gasteiger charge is 2.35. The highest BCUT2D eigenvalue weighted by molar-refractivity contribution is 7.92. The van der Waals surface area contributed by atoms with E-state index in [9.17, 15) is 22.0 Å². The van der Waals surface area contributed by atoms with Gasteiger partial charge in [0, 0.05) is 41.9 Å². The molecule has 6 rings (SSSR count). The molecule has 0 fully saturated rings. The van der Waals surface area contributed by atoms with Gasteiger partial charge in [0.1, 0.15) is 17.3 Å². The van der Waals surface area contributed by atoms with E-state index in [0.717, 1.165) is 23.1 Å². The molecule has 2 aliphatic rings. The number of alkyl halides is 1. The van der Waals surface area contributed by atoms with Crippen molar-refractivity contribution in [1.29, 1.82) is 0 Å². The number of carbonyl (C=O) groups excluding carboxylic acids is 1. The van der Waals surface area contributed by atoms with Gasteiger partial charge in [-0.2, -0.15) is 0 Å². The monoisotopic (exact) mass is 611 g/mol. The number of halogens is 2. The number of ether oxygens (including phenoxy) is 3. The molecule has 0 saturated heterocycles. The van der Waals surface area contributed by atoms with E-state index in [1.807, 2.05) is 30.0 Å². The van der Waals surface area contributed by atoms with Crippen molar-refractivity contribution in [2.75, 3.05) is 31.3 Å². The summed E-state index contributed by atoms with van der Waals surface area (Å²) in [6.45, 7) is 3.51. The molecular formula is C29H27F2N5O6S. The van der Waals surface area contributed by atoms with E-state index in [1.165, 1.54) is 0 Å². The van der Waals surface area contributed by atoms with Gasteiger partial charge in [-0.05, 0) is 43.3 Å². The molecule has 0 saturated carbocycles. The molecule has 0 aliphatic carbocycles. The van der Waals surface area contributed by atoms with Crippen molar-refractivity contribution in [3.8, 4) is 11.5 Å². The summed E-state index contributed by atoms with van der Waals surface area (Å²) in [6.07, 6.45) is 2.88. The van der Waals surface area contributed by atoms with Crippen LogP contribution in [0.2, 0.25) is 0 Å². The van der Waals surface area contributed by atoms with Crippen LogP contribution in [-0.2, 0) is 27.7 Å². The number of nitrogens with one attached hydrogen (secondary N) is 1.